The fourth-order valence-electron chi connectivity index (χ4n) is 1.73. The number of benzene rings is 1. The van der Waals surface area contributed by atoms with E-state index in [4.69, 9.17) is 10.8 Å². The summed E-state index contributed by atoms with van der Waals surface area (Å²) in [5, 5.41) is 9.69. The monoisotopic (exact) mass is 291 g/mol. The van der Waals surface area contributed by atoms with Crippen molar-refractivity contribution < 1.29 is 14.7 Å². The first-order valence-corrected chi connectivity index (χ1v) is 6.55. The molecule has 1 heterocycles. The number of hydrogen-bond donors (Lipinski definition) is 2. The molecule has 1 aromatic carbocycles. The number of amides is 1. The fraction of sp³-hybridized carbons (Fsp3) is 0.154. The Hall–Kier alpha value is -2.41. The molecular formula is C13H13N3O3S. The van der Waals surface area contributed by atoms with Crippen molar-refractivity contribution in [2.75, 3.05) is 17.7 Å². The van der Waals surface area contributed by atoms with Crippen LogP contribution in [0, 0.1) is 6.92 Å². The molecular weight excluding hydrogens is 278 g/mol. The van der Waals surface area contributed by atoms with Gasteiger partial charge in [0.15, 0.2) is 0 Å². The molecule has 0 aliphatic carbocycles. The summed E-state index contributed by atoms with van der Waals surface area (Å²) in [7, 11) is 1.59. The average Bonchev–Trinajstić information content (AvgIpc) is 2.83. The van der Waals surface area contributed by atoms with Gasteiger partial charge in [0.1, 0.15) is 4.88 Å². The van der Waals surface area contributed by atoms with Gasteiger partial charge in [0, 0.05) is 7.05 Å². The van der Waals surface area contributed by atoms with E-state index >= 15 is 0 Å². The Morgan fingerprint density at radius 2 is 2.10 bits per heavy atom. The lowest BCUT2D eigenvalue weighted by atomic mass is 10.1. The van der Waals surface area contributed by atoms with Gasteiger partial charge >= 0.3 is 5.97 Å². The Kier molecular flexibility index (Phi) is 3.71. The van der Waals surface area contributed by atoms with Gasteiger partial charge in [0.05, 0.1) is 28.1 Å². The van der Waals surface area contributed by atoms with E-state index in [9.17, 15) is 9.59 Å². The van der Waals surface area contributed by atoms with E-state index in [1.165, 1.54) is 40.6 Å². The lowest BCUT2D eigenvalue weighted by Crippen LogP contribution is -2.26. The number of carboxylic acid groups (broad SMARTS) is 1. The molecule has 2 aromatic rings. The smallest absolute Gasteiger partial charge is 0.335 e. The molecule has 3 N–H and O–H groups in total. The van der Waals surface area contributed by atoms with Gasteiger partial charge in [-0.1, -0.05) is 0 Å². The molecule has 1 amide bonds. The maximum Gasteiger partial charge on any atom is 0.335 e. The van der Waals surface area contributed by atoms with Crippen LogP contribution >= 0.6 is 11.3 Å². The van der Waals surface area contributed by atoms with E-state index in [2.05, 4.69) is 4.98 Å². The summed E-state index contributed by atoms with van der Waals surface area (Å²) >= 11 is 1.30. The number of nitrogens with two attached hydrogens (primary N) is 1. The van der Waals surface area contributed by atoms with E-state index in [1.807, 2.05) is 6.92 Å². The van der Waals surface area contributed by atoms with E-state index in [1.54, 1.807) is 7.05 Å². The highest BCUT2D eigenvalue weighted by Crippen LogP contribution is 2.26. The fourth-order valence-corrected chi connectivity index (χ4v) is 2.48. The van der Waals surface area contributed by atoms with E-state index < -0.39 is 5.97 Å². The molecule has 2 rings (SSSR count). The molecule has 0 radical (unpaired) electrons. The molecule has 104 valence electrons. The Balaban J connectivity index is 2.31. The SMILES string of the molecule is Cc1ncc(C(=O)N(C)c2ccc(C(=O)O)cc2N)s1. The molecule has 0 aliphatic rings. The number of aromatic nitrogens is 1. The summed E-state index contributed by atoms with van der Waals surface area (Å²) in [5.74, 6) is -1.29. The number of carbonyl (C=O) groups is 2. The minimum Gasteiger partial charge on any atom is -0.478 e. The van der Waals surface area contributed by atoms with Gasteiger partial charge in [-0.05, 0) is 25.1 Å². The summed E-state index contributed by atoms with van der Waals surface area (Å²) < 4.78 is 0. The lowest BCUT2D eigenvalue weighted by Gasteiger charge is -2.18. The minimum absolute atomic E-state index is 0.0840. The first-order valence-electron chi connectivity index (χ1n) is 5.73. The first-order chi connectivity index (χ1) is 9.40. The second-order valence-corrected chi connectivity index (χ2v) is 5.42. The molecule has 1 aromatic heterocycles. The van der Waals surface area contributed by atoms with Crippen molar-refractivity contribution in [2.45, 2.75) is 6.92 Å². The molecule has 0 aliphatic heterocycles. The lowest BCUT2D eigenvalue weighted by molar-refractivity contribution is 0.0697. The van der Waals surface area contributed by atoms with Crippen LogP contribution in [0.25, 0.3) is 0 Å². The van der Waals surface area contributed by atoms with Crippen LogP contribution < -0.4 is 10.6 Å². The predicted molar refractivity (Wildman–Crippen MR) is 77.4 cm³/mol. The van der Waals surface area contributed by atoms with Gasteiger partial charge in [-0.3, -0.25) is 4.79 Å². The molecule has 0 spiro atoms. The molecule has 7 heteroatoms. The van der Waals surface area contributed by atoms with E-state index in [0.717, 1.165) is 5.01 Å². The number of carboxylic acids is 1. The predicted octanol–water partition coefficient (Wildman–Crippen LogP) is 2.01. The highest BCUT2D eigenvalue weighted by molar-refractivity contribution is 7.13. The molecule has 0 saturated heterocycles. The topological polar surface area (TPSA) is 96.5 Å². The summed E-state index contributed by atoms with van der Waals surface area (Å²) in [6.07, 6.45) is 1.51. The number of rotatable bonds is 3. The number of nitrogens with zero attached hydrogens (tertiary/aromatic N) is 2. The molecule has 0 saturated carbocycles. The standard InChI is InChI=1S/C13H13N3O3S/c1-7-15-6-11(20-7)12(17)16(2)10-4-3-8(13(18)19)5-9(10)14/h3-6H,14H2,1-2H3,(H,18,19). The zero-order valence-electron chi connectivity index (χ0n) is 11.0. The first kappa shape index (κ1) is 14.0. The van der Waals surface area contributed by atoms with Crippen molar-refractivity contribution in [3.8, 4) is 0 Å². The molecule has 0 fully saturated rings. The number of hydrogen-bond acceptors (Lipinski definition) is 5. The largest absolute Gasteiger partial charge is 0.478 e. The third-order valence-electron chi connectivity index (χ3n) is 2.77. The number of aromatic carboxylic acids is 1. The molecule has 20 heavy (non-hydrogen) atoms. The van der Waals surface area contributed by atoms with Gasteiger partial charge in [-0.2, -0.15) is 0 Å². The minimum atomic E-state index is -1.06. The summed E-state index contributed by atoms with van der Waals surface area (Å²) in [6.45, 7) is 1.82. The Morgan fingerprint density at radius 1 is 1.40 bits per heavy atom. The van der Waals surface area contributed by atoms with Crippen molar-refractivity contribution in [1.82, 2.24) is 4.98 Å². The van der Waals surface area contributed by atoms with Gasteiger partial charge in [-0.25, -0.2) is 9.78 Å². The summed E-state index contributed by atoms with van der Waals surface area (Å²) in [4.78, 5) is 29.0. The Bertz CT molecular complexity index is 681. The van der Waals surface area contributed by atoms with Crippen LogP contribution in [0.1, 0.15) is 25.0 Å². The van der Waals surface area contributed by atoms with E-state index in [0.29, 0.717) is 10.6 Å². The third kappa shape index (κ3) is 2.62. The van der Waals surface area contributed by atoms with Crippen LogP contribution in [0.2, 0.25) is 0 Å². The van der Waals surface area contributed by atoms with Gasteiger partial charge in [0.2, 0.25) is 0 Å². The second kappa shape index (κ2) is 5.30. The maximum atomic E-state index is 12.3. The van der Waals surface area contributed by atoms with Crippen molar-refractivity contribution >= 4 is 34.6 Å². The van der Waals surface area contributed by atoms with Crippen LogP contribution in [0.5, 0.6) is 0 Å². The van der Waals surface area contributed by atoms with Gasteiger partial charge in [0.25, 0.3) is 5.91 Å². The number of anilines is 2. The third-order valence-corrected chi connectivity index (χ3v) is 3.67. The van der Waals surface area contributed by atoms with Crippen LogP contribution in [0.4, 0.5) is 11.4 Å². The van der Waals surface area contributed by atoms with Crippen molar-refractivity contribution in [3.05, 3.63) is 39.8 Å². The molecule has 0 atom stereocenters. The number of carbonyl (C=O) groups excluding carboxylic acids is 1. The summed E-state index contributed by atoms with van der Waals surface area (Å²) in [5.41, 5.74) is 6.60. The zero-order valence-corrected chi connectivity index (χ0v) is 11.8. The normalized spacial score (nSPS) is 10.3. The van der Waals surface area contributed by atoms with Gasteiger partial charge in [-0.15, -0.1) is 11.3 Å². The van der Waals surface area contributed by atoms with Crippen molar-refractivity contribution in [1.29, 1.82) is 0 Å². The maximum absolute atomic E-state index is 12.3. The van der Waals surface area contributed by atoms with Crippen LogP contribution in [0.15, 0.2) is 24.4 Å². The van der Waals surface area contributed by atoms with Crippen LogP contribution in [-0.4, -0.2) is 29.0 Å². The molecule has 6 nitrogen and oxygen atoms in total. The number of nitrogen functional groups attached to an aromatic ring is 1. The highest BCUT2D eigenvalue weighted by atomic mass is 32.1. The van der Waals surface area contributed by atoms with Crippen molar-refractivity contribution in [3.63, 3.8) is 0 Å². The van der Waals surface area contributed by atoms with Crippen LogP contribution in [-0.2, 0) is 0 Å². The molecule has 0 unspecified atom stereocenters. The average molecular weight is 291 g/mol. The van der Waals surface area contributed by atoms with Crippen LogP contribution in [0.3, 0.4) is 0 Å². The van der Waals surface area contributed by atoms with Gasteiger partial charge < -0.3 is 15.7 Å². The van der Waals surface area contributed by atoms with Crippen molar-refractivity contribution in [2.24, 2.45) is 0 Å². The Morgan fingerprint density at radius 3 is 2.60 bits per heavy atom. The Labute approximate surface area is 119 Å². The summed E-state index contributed by atoms with van der Waals surface area (Å²) in [6, 6.07) is 4.26. The quantitative estimate of drug-likeness (QED) is 0.843. The van der Waals surface area contributed by atoms with E-state index in [-0.39, 0.29) is 17.2 Å². The molecule has 0 bridgehead atoms. The number of thiazole rings is 1. The second-order valence-electron chi connectivity index (χ2n) is 4.19. The number of aryl methyl sites for hydroxylation is 1. The zero-order chi connectivity index (χ0) is 14.9. The highest BCUT2D eigenvalue weighted by Gasteiger charge is 2.18.